The predicted molar refractivity (Wildman–Crippen MR) is 217 cm³/mol. The minimum atomic E-state index is 0.507. The molecule has 0 amide bonds. The van der Waals surface area contributed by atoms with E-state index in [2.05, 4.69) is 146 Å². The highest BCUT2D eigenvalue weighted by atomic mass is 14.6. The summed E-state index contributed by atoms with van der Waals surface area (Å²) in [5, 5.41) is 10.1. The Kier molecular flexibility index (Phi) is 9.18. The molecule has 1 atom stereocenters. The number of hydrogen-bond acceptors (Lipinski definition) is 2. The van der Waals surface area contributed by atoms with Gasteiger partial charge in [0.1, 0.15) is 0 Å². The van der Waals surface area contributed by atoms with Gasteiger partial charge in [-0.3, -0.25) is 9.97 Å². The Bertz CT molecular complexity index is 2580. The van der Waals surface area contributed by atoms with Crippen LogP contribution in [0.1, 0.15) is 37.3 Å². The van der Waals surface area contributed by atoms with Crippen LogP contribution in [0.3, 0.4) is 0 Å². The monoisotopic (exact) mass is 644 g/mol. The maximum absolute atomic E-state index is 4.58. The number of aromatic nitrogens is 2. The molecule has 2 heteroatoms. The molecule has 242 valence electrons. The van der Waals surface area contributed by atoms with Crippen molar-refractivity contribution in [2.45, 2.75) is 26.2 Å². The minimum Gasteiger partial charge on any atom is -0.265 e. The van der Waals surface area contributed by atoms with Gasteiger partial charge < -0.3 is 0 Å². The zero-order valence-electron chi connectivity index (χ0n) is 28.7. The van der Waals surface area contributed by atoms with Crippen molar-refractivity contribution < 1.29 is 0 Å². The van der Waals surface area contributed by atoms with Crippen LogP contribution in [0.2, 0.25) is 0 Å². The lowest BCUT2D eigenvalue weighted by Crippen LogP contribution is -2.20. The average Bonchev–Trinajstić information content (AvgIpc) is 3.18. The Hall–Kier alpha value is -6.12. The highest BCUT2D eigenvalue weighted by Gasteiger charge is 2.18. The lowest BCUT2D eigenvalue weighted by atomic mass is 9.85. The van der Waals surface area contributed by atoms with Crippen LogP contribution in [0.15, 0.2) is 153 Å². The molecule has 50 heavy (non-hydrogen) atoms. The number of rotatable bonds is 3. The van der Waals surface area contributed by atoms with Crippen LogP contribution in [0.5, 0.6) is 0 Å². The van der Waals surface area contributed by atoms with Crippen molar-refractivity contribution in [2.24, 2.45) is 0 Å². The molecule has 0 aliphatic heterocycles. The summed E-state index contributed by atoms with van der Waals surface area (Å²) in [5.41, 5.74) is 10.0. The summed E-state index contributed by atoms with van der Waals surface area (Å²) in [5.74, 6) is 0.507. The van der Waals surface area contributed by atoms with Gasteiger partial charge in [0.25, 0.3) is 0 Å². The molecule has 8 aromatic rings. The van der Waals surface area contributed by atoms with Gasteiger partial charge in [-0.25, -0.2) is 0 Å². The molecule has 6 aromatic carbocycles. The van der Waals surface area contributed by atoms with Gasteiger partial charge in [0, 0.05) is 30.4 Å². The van der Waals surface area contributed by atoms with E-state index in [1.807, 2.05) is 49.9 Å². The van der Waals surface area contributed by atoms with E-state index in [0.717, 1.165) is 11.6 Å². The lowest BCUT2D eigenvalue weighted by Gasteiger charge is -2.20. The Morgan fingerprint density at radius 3 is 1.76 bits per heavy atom. The molecule has 0 radical (unpaired) electrons. The smallest absolute Gasteiger partial charge is 0.0352 e. The second-order valence-corrected chi connectivity index (χ2v) is 12.7. The normalized spacial score (nSPS) is 13.8. The van der Waals surface area contributed by atoms with Crippen molar-refractivity contribution in [3.63, 3.8) is 0 Å². The Labute approximate surface area is 294 Å². The topological polar surface area (TPSA) is 25.8 Å². The predicted octanol–water partition coefficient (Wildman–Crippen LogP) is 11.6. The van der Waals surface area contributed by atoms with Crippen LogP contribution >= 0.6 is 0 Å². The maximum Gasteiger partial charge on any atom is 0.0352 e. The zero-order chi connectivity index (χ0) is 34.6. The molecule has 9 rings (SSSR count). The summed E-state index contributed by atoms with van der Waals surface area (Å²) >= 11 is 0. The third-order valence-corrected chi connectivity index (χ3v) is 9.85. The average molecular weight is 645 g/mol. The summed E-state index contributed by atoms with van der Waals surface area (Å²) in [6, 6.07) is 39.4. The number of nitrogens with zero attached hydrogens (tertiary/aromatic N) is 2. The molecule has 0 saturated heterocycles. The van der Waals surface area contributed by atoms with Gasteiger partial charge in [-0.2, -0.15) is 0 Å². The molecule has 1 unspecified atom stereocenters. The molecule has 2 nitrogen and oxygen atoms in total. The third kappa shape index (κ3) is 5.90. The molecule has 0 spiro atoms. The number of benzene rings is 6. The van der Waals surface area contributed by atoms with Crippen LogP contribution < -0.4 is 10.4 Å². The number of allylic oxidation sites excluding steroid dienone is 1. The highest BCUT2D eigenvalue weighted by molar-refractivity contribution is 6.27. The first-order valence-electron chi connectivity index (χ1n) is 17.2. The lowest BCUT2D eigenvalue weighted by molar-refractivity contribution is 0.766. The summed E-state index contributed by atoms with van der Waals surface area (Å²) < 4.78 is 0. The molecule has 1 aliphatic carbocycles. The molecule has 1 aliphatic rings. The van der Waals surface area contributed by atoms with E-state index >= 15 is 0 Å². The van der Waals surface area contributed by atoms with Crippen LogP contribution in [0.25, 0.3) is 84.4 Å². The second kappa shape index (κ2) is 14.2. The van der Waals surface area contributed by atoms with Crippen LogP contribution in [-0.2, 0) is 0 Å². The van der Waals surface area contributed by atoms with E-state index < -0.39 is 0 Å². The van der Waals surface area contributed by atoms with Crippen molar-refractivity contribution >= 4 is 51.0 Å². The maximum atomic E-state index is 4.58. The highest BCUT2D eigenvalue weighted by Crippen LogP contribution is 2.43. The van der Waals surface area contributed by atoms with Crippen molar-refractivity contribution in [3.8, 4) is 33.4 Å². The van der Waals surface area contributed by atoms with Gasteiger partial charge in [-0.15, -0.1) is 13.2 Å². The Balaban J connectivity index is 0.000000310. The van der Waals surface area contributed by atoms with Gasteiger partial charge in [0.15, 0.2) is 0 Å². The molecular weight excluding hydrogens is 605 g/mol. The molecule has 0 fully saturated rings. The largest absolute Gasteiger partial charge is 0.265 e. The number of pyridine rings is 2. The van der Waals surface area contributed by atoms with Gasteiger partial charge in [-0.05, 0) is 113 Å². The van der Waals surface area contributed by atoms with Crippen molar-refractivity contribution in [3.05, 3.63) is 175 Å². The minimum absolute atomic E-state index is 0.507. The van der Waals surface area contributed by atoms with Gasteiger partial charge in [-0.1, -0.05) is 129 Å². The molecular formula is C48H40N2. The van der Waals surface area contributed by atoms with Crippen LogP contribution in [0.4, 0.5) is 0 Å². The first-order valence-corrected chi connectivity index (χ1v) is 17.2. The standard InChI is InChI=1S/C37H26N2.C9H10.C2H4/c1-23-3-2-4-31-34(23)21-39-22-35(31)25-7-5-24(6-8-25)29-13-9-27-12-16-33-30(26-17-19-38-20-18-26)14-10-28-11-15-32(29)36(27)37(28)33;1-3-9-7-5-4-6-8(9)2;1-2/h2,4-23H,3H2,1H3;3-7H,2H2,1H3;1-2H2/b;9-3-;. The van der Waals surface area contributed by atoms with E-state index in [1.54, 1.807) is 0 Å². The van der Waals surface area contributed by atoms with Crippen molar-refractivity contribution in [1.82, 2.24) is 9.97 Å². The number of fused-ring (bicyclic) bond motifs is 1. The van der Waals surface area contributed by atoms with Gasteiger partial charge >= 0.3 is 0 Å². The first-order chi connectivity index (χ1) is 24.6. The number of hydrogen-bond donors (Lipinski definition) is 0. The van der Waals surface area contributed by atoms with E-state index in [-0.39, 0.29) is 0 Å². The van der Waals surface area contributed by atoms with Crippen LogP contribution in [-0.4, -0.2) is 9.97 Å². The fraction of sp³-hybridized carbons (Fsp3) is 0.0833. The Morgan fingerprint density at radius 1 is 0.620 bits per heavy atom. The van der Waals surface area contributed by atoms with E-state index in [9.17, 15) is 0 Å². The molecule has 0 saturated carbocycles. The van der Waals surface area contributed by atoms with Crippen molar-refractivity contribution in [1.29, 1.82) is 0 Å². The fourth-order valence-corrected chi connectivity index (χ4v) is 7.29. The molecule has 2 aromatic heterocycles. The zero-order valence-corrected chi connectivity index (χ0v) is 28.7. The summed E-state index contributed by atoms with van der Waals surface area (Å²) in [4.78, 5) is 8.81. The van der Waals surface area contributed by atoms with Gasteiger partial charge in [0.05, 0.1) is 0 Å². The SMILES string of the molecule is C=C.C=c1cccc/c1=C/C.CC1CC=Cc2c(-c3ccc(-c4ccc5ccc6c(-c7ccncc7)ccc7ccc4c5c76)cc3)cncc21. The Morgan fingerprint density at radius 2 is 1.18 bits per heavy atom. The van der Waals surface area contributed by atoms with Gasteiger partial charge in [0.2, 0.25) is 0 Å². The molecule has 0 N–H and O–H groups in total. The van der Waals surface area contributed by atoms with E-state index in [0.29, 0.717) is 5.92 Å². The molecule has 2 heterocycles. The first kappa shape index (κ1) is 32.4. The van der Waals surface area contributed by atoms with E-state index in [4.69, 9.17) is 0 Å². The second-order valence-electron chi connectivity index (χ2n) is 12.7. The summed E-state index contributed by atoms with van der Waals surface area (Å²) in [6.45, 7) is 14.2. The summed E-state index contributed by atoms with van der Waals surface area (Å²) in [7, 11) is 0. The summed E-state index contributed by atoms with van der Waals surface area (Å²) in [6.07, 6.45) is 15.5. The van der Waals surface area contributed by atoms with E-state index in [1.165, 1.54) is 82.0 Å². The fourth-order valence-electron chi connectivity index (χ4n) is 7.29. The molecule has 0 bridgehead atoms. The quantitative estimate of drug-likeness (QED) is 0.141. The third-order valence-electron chi connectivity index (χ3n) is 9.85. The van der Waals surface area contributed by atoms with Crippen molar-refractivity contribution in [2.75, 3.05) is 0 Å². The van der Waals surface area contributed by atoms with Crippen LogP contribution in [0, 0.1) is 0 Å².